The Kier molecular flexibility index (Phi) is 6.83. The highest BCUT2D eigenvalue weighted by Gasteiger charge is 2.29. The monoisotopic (exact) mass is 376 g/mol. The number of carbonyl (C=O) groups excluding carboxylic acids is 1. The summed E-state index contributed by atoms with van der Waals surface area (Å²) in [6.45, 7) is 2.15. The third-order valence-corrected chi connectivity index (χ3v) is 5.90. The van der Waals surface area contributed by atoms with Crippen molar-refractivity contribution in [2.24, 2.45) is 5.92 Å². The van der Waals surface area contributed by atoms with Gasteiger partial charge in [0.15, 0.2) is 0 Å². The van der Waals surface area contributed by atoms with Gasteiger partial charge in [-0.1, -0.05) is 31.4 Å². The van der Waals surface area contributed by atoms with E-state index in [1.54, 1.807) is 12.1 Å². The van der Waals surface area contributed by atoms with Crippen LogP contribution in [0, 0.1) is 11.7 Å². The fourth-order valence-corrected chi connectivity index (χ4v) is 4.22. The fourth-order valence-electron chi connectivity index (χ4n) is 4.22. The van der Waals surface area contributed by atoms with Gasteiger partial charge in [0.05, 0.1) is 12.5 Å². The Hall–Kier alpha value is -1.95. The van der Waals surface area contributed by atoms with Gasteiger partial charge in [0.25, 0.3) is 0 Å². The number of rotatable bonds is 6. The zero-order valence-corrected chi connectivity index (χ0v) is 15.8. The van der Waals surface area contributed by atoms with E-state index in [0.717, 1.165) is 31.2 Å². The molecule has 5 nitrogen and oxygen atoms in total. The number of piperidine rings is 1. The largest absolute Gasteiger partial charge is 0.481 e. The number of carbonyl (C=O) groups is 2. The van der Waals surface area contributed by atoms with Gasteiger partial charge < -0.3 is 10.0 Å². The van der Waals surface area contributed by atoms with Crippen LogP contribution in [-0.2, 0) is 16.1 Å². The molecule has 3 rings (SSSR count). The second-order valence-electron chi connectivity index (χ2n) is 7.83. The second-order valence-corrected chi connectivity index (χ2v) is 7.83. The molecule has 1 aliphatic carbocycles. The molecular weight excluding hydrogens is 347 g/mol. The van der Waals surface area contributed by atoms with Gasteiger partial charge in [-0.25, -0.2) is 4.39 Å². The van der Waals surface area contributed by atoms with Crippen molar-refractivity contribution in [2.45, 2.75) is 57.5 Å². The number of hydrogen-bond acceptors (Lipinski definition) is 3. The Labute approximate surface area is 160 Å². The van der Waals surface area contributed by atoms with E-state index in [-0.39, 0.29) is 23.7 Å². The maximum Gasteiger partial charge on any atom is 0.306 e. The maximum absolute atomic E-state index is 13.2. The first kappa shape index (κ1) is 19.8. The molecule has 1 heterocycles. The standard InChI is InChI=1S/C21H29FN2O3/c22-18-8-6-16(7-9-18)14-24(19-4-2-1-3-5-19)20(25)15-23-12-10-17(11-13-23)21(26)27/h6-9,17,19H,1-5,10-15H2,(H,26,27). The molecule has 1 aromatic carbocycles. The fraction of sp³-hybridized carbons (Fsp3) is 0.619. The summed E-state index contributed by atoms with van der Waals surface area (Å²) in [7, 11) is 0. The molecule has 1 N–H and O–H groups in total. The van der Waals surface area contributed by atoms with Gasteiger partial charge in [0.1, 0.15) is 5.82 Å². The molecule has 0 atom stereocenters. The topological polar surface area (TPSA) is 60.9 Å². The number of halogens is 1. The van der Waals surface area contributed by atoms with Gasteiger partial charge in [-0.3, -0.25) is 14.5 Å². The summed E-state index contributed by atoms with van der Waals surface area (Å²) < 4.78 is 13.2. The smallest absolute Gasteiger partial charge is 0.306 e. The van der Waals surface area contributed by atoms with E-state index in [4.69, 9.17) is 5.11 Å². The first-order chi connectivity index (χ1) is 13.0. The normalized spacial score (nSPS) is 19.7. The van der Waals surface area contributed by atoms with Crippen molar-refractivity contribution < 1.29 is 19.1 Å². The van der Waals surface area contributed by atoms with E-state index < -0.39 is 5.97 Å². The van der Waals surface area contributed by atoms with Crippen LogP contribution in [0.5, 0.6) is 0 Å². The molecule has 1 aliphatic heterocycles. The first-order valence-electron chi connectivity index (χ1n) is 10.0. The van der Waals surface area contributed by atoms with E-state index in [0.29, 0.717) is 39.0 Å². The van der Waals surface area contributed by atoms with Crippen molar-refractivity contribution in [3.05, 3.63) is 35.6 Å². The number of aliphatic carboxylic acids is 1. The predicted molar refractivity (Wildman–Crippen MR) is 101 cm³/mol. The zero-order valence-electron chi connectivity index (χ0n) is 15.8. The van der Waals surface area contributed by atoms with Crippen LogP contribution >= 0.6 is 0 Å². The Bertz CT molecular complexity index is 635. The Morgan fingerprint density at radius 3 is 2.26 bits per heavy atom. The molecule has 1 saturated carbocycles. The summed E-state index contributed by atoms with van der Waals surface area (Å²) in [6.07, 6.45) is 6.75. The van der Waals surface area contributed by atoms with E-state index in [1.165, 1.54) is 18.6 Å². The quantitative estimate of drug-likeness (QED) is 0.828. The van der Waals surface area contributed by atoms with Gasteiger partial charge in [-0.2, -0.15) is 0 Å². The number of likely N-dealkylation sites (tertiary alicyclic amines) is 1. The van der Waals surface area contributed by atoms with Gasteiger partial charge in [0, 0.05) is 12.6 Å². The van der Waals surface area contributed by atoms with Gasteiger partial charge >= 0.3 is 5.97 Å². The lowest BCUT2D eigenvalue weighted by molar-refractivity contribution is -0.143. The number of carboxylic acids is 1. The molecule has 0 radical (unpaired) electrons. The Morgan fingerprint density at radius 1 is 1.04 bits per heavy atom. The summed E-state index contributed by atoms with van der Waals surface area (Å²) in [5.41, 5.74) is 0.944. The third-order valence-electron chi connectivity index (χ3n) is 5.90. The van der Waals surface area contributed by atoms with Crippen molar-refractivity contribution in [3.63, 3.8) is 0 Å². The number of carboxylic acid groups (broad SMARTS) is 1. The van der Waals surface area contributed by atoms with Crippen LogP contribution in [0.4, 0.5) is 4.39 Å². The lowest BCUT2D eigenvalue weighted by Crippen LogP contribution is -2.48. The minimum Gasteiger partial charge on any atom is -0.481 e. The predicted octanol–water partition coefficient (Wildman–Crippen LogP) is 3.28. The first-order valence-corrected chi connectivity index (χ1v) is 10.0. The van der Waals surface area contributed by atoms with Gasteiger partial charge in [-0.05, 0) is 56.5 Å². The SMILES string of the molecule is O=C(O)C1CCN(CC(=O)N(Cc2ccc(F)cc2)C2CCCCC2)CC1. The second kappa shape index (κ2) is 9.31. The van der Waals surface area contributed by atoms with Crippen LogP contribution in [0.3, 0.4) is 0 Å². The number of hydrogen-bond donors (Lipinski definition) is 1. The lowest BCUT2D eigenvalue weighted by Gasteiger charge is -2.37. The highest BCUT2D eigenvalue weighted by molar-refractivity contribution is 5.78. The van der Waals surface area contributed by atoms with Crippen LogP contribution in [0.2, 0.25) is 0 Å². The third kappa shape index (κ3) is 5.51. The van der Waals surface area contributed by atoms with Crippen molar-refractivity contribution in [3.8, 4) is 0 Å². The molecule has 148 valence electrons. The molecule has 0 bridgehead atoms. The molecule has 0 aromatic heterocycles. The van der Waals surface area contributed by atoms with E-state index in [9.17, 15) is 14.0 Å². The molecule has 1 amide bonds. The van der Waals surface area contributed by atoms with Crippen LogP contribution in [-0.4, -0.2) is 52.5 Å². The van der Waals surface area contributed by atoms with Crippen molar-refractivity contribution >= 4 is 11.9 Å². The molecule has 2 aliphatic rings. The Balaban J connectivity index is 1.63. The Morgan fingerprint density at radius 2 is 1.67 bits per heavy atom. The average Bonchev–Trinajstić information content (AvgIpc) is 2.68. The molecule has 6 heteroatoms. The van der Waals surface area contributed by atoms with Crippen molar-refractivity contribution in [1.29, 1.82) is 0 Å². The molecule has 2 fully saturated rings. The number of nitrogens with zero attached hydrogens (tertiary/aromatic N) is 2. The molecule has 0 spiro atoms. The lowest BCUT2D eigenvalue weighted by atomic mass is 9.93. The van der Waals surface area contributed by atoms with E-state index >= 15 is 0 Å². The minimum atomic E-state index is -0.735. The van der Waals surface area contributed by atoms with Crippen molar-refractivity contribution in [1.82, 2.24) is 9.80 Å². The zero-order chi connectivity index (χ0) is 19.2. The van der Waals surface area contributed by atoms with Crippen LogP contribution in [0.15, 0.2) is 24.3 Å². The van der Waals surface area contributed by atoms with E-state index in [1.807, 2.05) is 4.90 Å². The maximum atomic E-state index is 13.2. The van der Waals surface area contributed by atoms with E-state index in [2.05, 4.69) is 4.90 Å². The summed E-state index contributed by atoms with van der Waals surface area (Å²) in [5, 5.41) is 9.13. The van der Waals surface area contributed by atoms with Crippen LogP contribution < -0.4 is 0 Å². The average molecular weight is 376 g/mol. The summed E-state index contributed by atoms with van der Waals surface area (Å²) in [6, 6.07) is 6.62. The highest BCUT2D eigenvalue weighted by atomic mass is 19.1. The minimum absolute atomic E-state index is 0.0972. The molecular formula is C21H29FN2O3. The van der Waals surface area contributed by atoms with Gasteiger partial charge in [0.2, 0.25) is 5.91 Å². The number of amides is 1. The number of benzene rings is 1. The highest BCUT2D eigenvalue weighted by Crippen LogP contribution is 2.25. The summed E-state index contributed by atoms with van der Waals surface area (Å²) in [5.74, 6) is -1.19. The molecule has 0 unspecified atom stereocenters. The van der Waals surface area contributed by atoms with Crippen molar-refractivity contribution in [2.75, 3.05) is 19.6 Å². The van der Waals surface area contributed by atoms with Gasteiger partial charge in [-0.15, -0.1) is 0 Å². The molecule has 1 saturated heterocycles. The van der Waals surface area contributed by atoms with Crippen LogP contribution in [0.1, 0.15) is 50.5 Å². The summed E-state index contributed by atoms with van der Waals surface area (Å²) >= 11 is 0. The summed E-state index contributed by atoms with van der Waals surface area (Å²) in [4.78, 5) is 28.2. The molecule has 27 heavy (non-hydrogen) atoms. The van der Waals surface area contributed by atoms with Crippen LogP contribution in [0.25, 0.3) is 0 Å². The molecule has 1 aromatic rings.